The van der Waals surface area contributed by atoms with Crippen LogP contribution in [0.5, 0.6) is 0 Å². The van der Waals surface area contributed by atoms with Crippen molar-refractivity contribution in [1.29, 1.82) is 0 Å². The van der Waals surface area contributed by atoms with E-state index in [1.54, 1.807) is 0 Å². The molecule has 1 aliphatic rings. The van der Waals surface area contributed by atoms with E-state index in [0.29, 0.717) is 6.04 Å². The van der Waals surface area contributed by atoms with Gasteiger partial charge in [0.25, 0.3) is 0 Å². The van der Waals surface area contributed by atoms with Crippen LogP contribution in [0.3, 0.4) is 0 Å². The minimum Gasteiger partial charge on any atom is -0.394 e. The van der Waals surface area contributed by atoms with E-state index >= 15 is 0 Å². The second-order valence-corrected chi connectivity index (χ2v) is 5.40. The first-order valence-electron chi connectivity index (χ1n) is 6.68. The molecule has 2 rings (SSSR count). The number of hydrogen-bond donors (Lipinski definition) is 2. The van der Waals surface area contributed by atoms with Crippen LogP contribution in [0.1, 0.15) is 51.3 Å². The highest BCUT2D eigenvalue weighted by Crippen LogP contribution is 2.33. The van der Waals surface area contributed by atoms with Gasteiger partial charge in [-0.1, -0.05) is 12.8 Å². The van der Waals surface area contributed by atoms with Crippen molar-refractivity contribution in [3.8, 4) is 0 Å². The maximum Gasteiger partial charge on any atom is 0.148 e. The van der Waals surface area contributed by atoms with Gasteiger partial charge in [0.05, 0.1) is 11.4 Å². The number of nitrogen functional groups attached to an aromatic ring is 1. The fourth-order valence-electron chi connectivity index (χ4n) is 2.11. The van der Waals surface area contributed by atoms with Gasteiger partial charge in [0.2, 0.25) is 0 Å². The lowest BCUT2D eigenvalue weighted by atomic mass is 10.2. The number of aromatic nitrogens is 2. The normalized spacial score (nSPS) is 15.5. The predicted molar refractivity (Wildman–Crippen MR) is 72.2 cm³/mol. The second kappa shape index (κ2) is 4.98. The van der Waals surface area contributed by atoms with Crippen LogP contribution in [0.15, 0.2) is 0 Å². The van der Waals surface area contributed by atoms with Crippen LogP contribution in [0.25, 0.3) is 0 Å². The number of nitrogens with zero attached hydrogens (tertiary/aromatic N) is 2. The highest BCUT2D eigenvalue weighted by atomic mass is 15.4. The Bertz CT molecular complexity index is 377. The fraction of sp³-hybridized carbons (Fsp3) is 0.769. The molecule has 0 saturated heterocycles. The number of nitrogens with two attached hydrogens (primary N) is 1. The summed E-state index contributed by atoms with van der Waals surface area (Å²) in [6.45, 7) is 7.21. The molecule has 17 heavy (non-hydrogen) atoms. The third kappa shape index (κ3) is 2.93. The predicted octanol–water partition coefficient (Wildman–Crippen LogP) is 2.96. The summed E-state index contributed by atoms with van der Waals surface area (Å²) in [6.07, 6.45) is 5.45. The summed E-state index contributed by atoms with van der Waals surface area (Å²) >= 11 is 0. The molecule has 0 radical (unpaired) electrons. The van der Waals surface area contributed by atoms with E-state index in [2.05, 4.69) is 24.3 Å². The molecular weight excluding hydrogens is 212 g/mol. The summed E-state index contributed by atoms with van der Waals surface area (Å²) in [6, 6.07) is 0.344. The van der Waals surface area contributed by atoms with Gasteiger partial charge in [-0.2, -0.15) is 5.10 Å². The average Bonchev–Trinajstić information content (AvgIpc) is 3.05. The van der Waals surface area contributed by atoms with Crippen molar-refractivity contribution in [3.05, 3.63) is 5.69 Å². The zero-order valence-corrected chi connectivity index (χ0v) is 11.2. The van der Waals surface area contributed by atoms with Gasteiger partial charge in [0.1, 0.15) is 5.82 Å². The Labute approximate surface area is 104 Å². The molecule has 1 aromatic heterocycles. The Kier molecular flexibility index (Phi) is 3.60. The van der Waals surface area contributed by atoms with Gasteiger partial charge in [0.15, 0.2) is 0 Å². The first-order chi connectivity index (χ1) is 8.09. The van der Waals surface area contributed by atoms with Gasteiger partial charge < -0.3 is 11.1 Å². The summed E-state index contributed by atoms with van der Waals surface area (Å²) in [5.41, 5.74) is 7.77. The lowest BCUT2D eigenvalue weighted by Crippen LogP contribution is -2.12. The molecule has 4 nitrogen and oxygen atoms in total. The molecule has 1 fully saturated rings. The van der Waals surface area contributed by atoms with Gasteiger partial charge >= 0.3 is 0 Å². The van der Waals surface area contributed by atoms with Gasteiger partial charge in [0, 0.05) is 12.6 Å². The molecule has 0 unspecified atom stereocenters. The van der Waals surface area contributed by atoms with Crippen molar-refractivity contribution in [2.45, 2.75) is 52.5 Å². The number of hydrogen-bond acceptors (Lipinski definition) is 3. The van der Waals surface area contributed by atoms with Gasteiger partial charge in [-0.25, -0.2) is 4.68 Å². The number of anilines is 2. The van der Waals surface area contributed by atoms with E-state index in [-0.39, 0.29) is 0 Å². The second-order valence-electron chi connectivity index (χ2n) is 5.40. The zero-order valence-electron chi connectivity index (χ0n) is 11.2. The zero-order chi connectivity index (χ0) is 12.4. The van der Waals surface area contributed by atoms with Crippen LogP contribution < -0.4 is 11.1 Å². The topological polar surface area (TPSA) is 55.9 Å². The molecule has 1 aliphatic carbocycles. The molecule has 0 amide bonds. The summed E-state index contributed by atoms with van der Waals surface area (Å²) in [4.78, 5) is 0. The SMILES string of the molecule is Cc1nn(C(C)C)c(NCCCC2CC2)c1N. The Morgan fingerprint density at radius 1 is 1.47 bits per heavy atom. The van der Waals surface area contributed by atoms with Gasteiger partial charge in [-0.3, -0.25) is 0 Å². The van der Waals surface area contributed by atoms with Crippen molar-refractivity contribution < 1.29 is 0 Å². The van der Waals surface area contributed by atoms with Crippen molar-refractivity contribution in [2.75, 3.05) is 17.6 Å². The summed E-state index contributed by atoms with van der Waals surface area (Å²) in [5.74, 6) is 2.00. The minimum absolute atomic E-state index is 0.344. The molecular formula is C13H24N4. The van der Waals surface area contributed by atoms with E-state index in [0.717, 1.165) is 29.7 Å². The Morgan fingerprint density at radius 2 is 2.18 bits per heavy atom. The Morgan fingerprint density at radius 3 is 2.76 bits per heavy atom. The molecule has 4 heteroatoms. The van der Waals surface area contributed by atoms with Crippen LogP contribution in [0.2, 0.25) is 0 Å². The highest BCUT2D eigenvalue weighted by Gasteiger charge is 2.20. The van der Waals surface area contributed by atoms with E-state index < -0.39 is 0 Å². The fourth-order valence-corrected chi connectivity index (χ4v) is 2.11. The molecule has 0 bridgehead atoms. The maximum atomic E-state index is 6.05. The summed E-state index contributed by atoms with van der Waals surface area (Å²) in [7, 11) is 0. The molecule has 0 aromatic carbocycles. The Hall–Kier alpha value is -1.19. The van der Waals surface area contributed by atoms with E-state index in [1.807, 2.05) is 11.6 Å². The summed E-state index contributed by atoms with van der Waals surface area (Å²) in [5, 5.41) is 7.91. The van der Waals surface area contributed by atoms with Gasteiger partial charge in [-0.05, 0) is 39.5 Å². The maximum absolute atomic E-state index is 6.05. The third-order valence-electron chi connectivity index (χ3n) is 3.40. The molecule has 1 saturated carbocycles. The van der Waals surface area contributed by atoms with Crippen LogP contribution in [-0.4, -0.2) is 16.3 Å². The standard InChI is InChI=1S/C13H24N4/c1-9(2)17-13(12(14)10(3)16-17)15-8-4-5-11-6-7-11/h9,11,15H,4-8,14H2,1-3H3. The highest BCUT2D eigenvalue weighted by molar-refractivity contribution is 5.64. The number of aryl methyl sites for hydroxylation is 1. The van der Waals surface area contributed by atoms with Crippen LogP contribution >= 0.6 is 0 Å². The summed E-state index contributed by atoms with van der Waals surface area (Å²) < 4.78 is 1.99. The molecule has 1 heterocycles. The third-order valence-corrected chi connectivity index (χ3v) is 3.40. The molecule has 96 valence electrons. The average molecular weight is 236 g/mol. The van der Waals surface area contributed by atoms with Crippen molar-refractivity contribution in [3.63, 3.8) is 0 Å². The molecule has 0 aliphatic heterocycles. The molecule has 0 spiro atoms. The van der Waals surface area contributed by atoms with Crippen LogP contribution in [0, 0.1) is 12.8 Å². The molecule has 3 N–H and O–H groups in total. The van der Waals surface area contributed by atoms with E-state index in [1.165, 1.54) is 25.7 Å². The smallest absolute Gasteiger partial charge is 0.148 e. The van der Waals surface area contributed by atoms with Crippen molar-refractivity contribution >= 4 is 11.5 Å². The van der Waals surface area contributed by atoms with E-state index in [9.17, 15) is 0 Å². The van der Waals surface area contributed by atoms with E-state index in [4.69, 9.17) is 5.73 Å². The van der Waals surface area contributed by atoms with Crippen molar-refractivity contribution in [2.24, 2.45) is 5.92 Å². The minimum atomic E-state index is 0.344. The van der Waals surface area contributed by atoms with Gasteiger partial charge in [-0.15, -0.1) is 0 Å². The monoisotopic (exact) mass is 236 g/mol. The first kappa shape index (κ1) is 12.3. The first-order valence-corrected chi connectivity index (χ1v) is 6.68. The van der Waals surface area contributed by atoms with Crippen LogP contribution in [-0.2, 0) is 0 Å². The molecule has 1 aromatic rings. The quantitative estimate of drug-likeness (QED) is 0.747. The largest absolute Gasteiger partial charge is 0.394 e. The lowest BCUT2D eigenvalue weighted by Gasteiger charge is -2.13. The van der Waals surface area contributed by atoms with Crippen molar-refractivity contribution in [1.82, 2.24) is 9.78 Å². The van der Waals surface area contributed by atoms with Crippen LogP contribution in [0.4, 0.5) is 11.5 Å². The number of nitrogens with one attached hydrogen (secondary N) is 1. The number of rotatable bonds is 6. The molecule has 0 atom stereocenters. The lowest BCUT2D eigenvalue weighted by molar-refractivity contribution is 0.533. The Balaban J connectivity index is 1.92.